The highest BCUT2D eigenvalue weighted by molar-refractivity contribution is 6.13. The molecule has 2 nitrogen and oxygen atoms in total. The van der Waals surface area contributed by atoms with E-state index in [2.05, 4.69) is 47.4 Å². The maximum Gasteiger partial charge on any atom is 0.219 e. The largest absolute Gasteiger partial charge is 0.493 e. The van der Waals surface area contributed by atoms with Gasteiger partial charge in [0.25, 0.3) is 0 Å². The number of aryl methyl sites for hydroxylation is 2. The van der Waals surface area contributed by atoms with Crippen LogP contribution in [0.15, 0.2) is 72.8 Å². The molecule has 6 rings (SSSR count). The molecule has 0 amide bonds. The van der Waals surface area contributed by atoms with E-state index in [9.17, 15) is 5.11 Å². The lowest BCUT2D eigenvalue weighted by molar-refractivity contribution is 0.458. The quantitative estimate of drug-likeness (QED) is 0.327. The molecule has 0 atom stereocenters. The fourth-order valence-electron chi connectivity index (χ4n) is 4.97. The van der Waals surface area contributed by atoms with E-state index in [0.717, 1.165) is 27.4 Å². The van der Waals surface area contributed by atoms with Crippen LogP contribution in [0.4, 0.5) is 0 Å². The Morgan fingerprint density at radius 3 is 2.41 bits per heavy atom. The molecule has 0 unspecified atom stereocenters. The monoisotopic (exact) mass is 375 g/mol. The van der Waals surface area contributed by atoms with Crippen LogP contribution in [0.2, 0.25) is 0 Å². The molecular formula is C27H21NO. The van der Waals surface area contributed by atoms with Crippen molar-refractivity contribution in [1.82, 2.24) is 4.98 Å². The van der Waals surface area contributed by atoms with Gasteiger partial charge >= 0.3 is 0 Å². The molecule has 1 N–H and O–H groups in total. The molecule has 0 saturated carbocycles. The van der Waals surface area contributed by atoms with Crippen LogP contribution in [-0.4, -0.2) is 10.1 Å². The number of aromatic hydroxyl groups is 1. The molecule has 0 aliphatic heterocycles. The first-order chi connectivity index (χ1) is 14.3. The highest BCUT2D eigenvalue weighted by atomic mass is 16.3. The summed E-state index contributed by atoms with van der Waals surface area (Å²) in [4.78, 5) is 4.43. The minimum atomic E-state index is 0.0849. The molecule has 1 aliphatic carbocycles. The first-order valence-electron chi connectivity index (χ1n) is 10.3. The summed E-state index contributed by atoms with van der Waals surface area (Å²) < 4.78 is 0. The van der Waals surface area contributed by atoms with Gasteiger partial charge in [0.05, 0.1) is 5.52 Å². The predicted molar refractivity (Wildman–Crippen MR) is 120 cm³/mol. The number of hydrogen-bond donors (Lipinski definition) is 1. The summed E-state index contributed by atoms with van der Waals surface area (Å²) in [7, 11) is 0. The molecule has 140 valence electrons. The van der Waals surface area contributed by atoms with E-state index in [1.165, 1.54) is 53.0 Å². The number of benzene rings is 4. The Bertz CT molecular complexity index is 1420. The number of pyridine rings is 1. The second kappa shape index (κ2) is 6.31. The normalized spacial score (nSPS) is 13.8. The second-order valence-corrected chi connectivity index (χ2v) is 8.02. The zero-order chi connectivity index (χ0) is 19.4. The minimum Gasteiger partial charge on any atom is -0.493 e. The summed E-state index contributed by atoms with van der Waals surface area (Å²) in [5, 5.41) is 16.8. The van der Waals surface area contributed by atoms with Crippen molar-refractivity contribution in [3.8, 4) is 17.0 Å². The van der Waals surface area contributed by atoms with E-state index in [4.69, 9.17) is 0 Å². The smallest absolute Gasteiger partial charge is 0.219 e. The zero-order valence-electron chi connectivity index (χ0n) is 16.2. The Balaban J connectivity index is 1.65. The van der Waals surface area contributed by atoms with Crippen molar-refractivity contribution in [1.29, 1.82) is 0 Å². The Morgan fingerprint density at radius 1 is 0.655 bits per heavy atom. The number of hydrogen-bond acceptors (Lipinski definition) is 2. The third kappa shape index (κ3) is 2.52. The van der Waals surface area contributed by atoms with Crippen LogP contribution in [0.25, 0.3) is 43.6 Å². The standard InChI is InChI=1S/C27H21NO/c29-27-25(16-18-7-2-4-11-26(18)28-27)21-10-5-9-20-23-13-12-17-6-1-3-8-19(17)22(23)14-15-24(20)21/h2,4-5,7,9-16H,1,3,6,8H2,(H,28,29). The molecule has 0 bridgehead atoms. The van der Waals surface area contributed by atoms with Gasteiger partial charge in [0.1, 0.15) is 0 Å². The summed E-state index contributed by atoms with van der Waals surface area (Å²) in [6, 6.07) is 25.4. The van der Waals surface area contributed by atoms with Crippen LogP contribution in [-0.2, 0) is 12.8 Å². The van der Waals surface area contributed by atoms with E-state index in [1.807, 2.05) is 30.3 Å². The van der Waals surface area contributed by atoms with Crippen LogP contribution in [0.5, 0.6) is 5.88 Å². The van der Waals surface area contributed by atoms with Crippen LogP contribution in [0, 0.1) is 0 Å². The van der Waals surface area contributed by atoms with Crippen molar-refractivity contribution in [3.63, 3.8) is 0 Å². The lowest BCUT2D eigenvalue weighted by Gasteiger charge is -2.19. The van der Waals surface area contributed by atoms with Crippen LogP contribution >= 0.6 is 0 Å². The Morgan fingerprint density at radius 2 is 1.45 bits per heavy atom. The molecule has 2 heteroatoms. The van der Waals surface area contributed by atoms with Crippen molar-refractivity contribution in [2.45, 2.75) is 25.7 Å². The Kier molecular flexibility index (Phi) is 3.60. The number of fused-ring (bicyclic) bond motifs is 6. The second-order valence-electron chi connectivity index (χ2n) is 8.02. The summed E-state index contributed by atoms with van der Waals surface area (Å²) in [5.74, 6) is 0.0849. The van der Waals surface area contributed by atoms with E-state index in [0.29, 0.717) is 0 Å². The minimum absolute atomic E-state index is 0.0849. The third-order valence-electron chi connectivity index (χ3n) is 6.38. The average Bonchev–Trinajstić information content (AvgIpc) is 2.78. The van der Waals surface area contributed by atoms with Crippen molar-refractivity contribution < 1.29 is 5.11 Å². The molecule has 0 radical (unpaired) electrons. The zero-order valence-corrected chi connectivity index (χ0v) is 16.2. The molecule has 1 aromatic heterocycles. The summed E-state index contributed by atoms with van der Waals surface area (Å²) in [5.41, 5.74) is 5.66. The van der Waals surface area contributed by atoms with E-state index in [1.54, 1.807) is 0 Å². The van der Waals surface area contributed by atoms with Crippen molar-refractivity contribution in [2.75, 3.05) is 0 Å². The van der Waals surface area contributed by atoms with Gasteiger partial charge in [-0.05, 0) is 76.1 Å². The van der Waals surface area contributed by atoms with Crippen LogP contribution in [0.1, 0.15) is 24.0 Å². The van der Waals surface area contributed by atoms with Gasteiger partial charge < -0.3 is 5.11 Å². The van der Waals surface area contributed by atoms with E-state index in [-0.39, 0.29) is 5.88 Å². The third-order valence-corrected chi connectivity index (χ3v) is 6.38. The van der Waals surface area contributed by atoms with Gasteiger partial charge in [-0.15, -0.1) is 0 Å². The van der Waals surface area contributed by atoms with Gasteiger partial charge in [-0.2, -0.15) is 0 Å². The highest BCUT2D eigenvalue weighted by Gasteiger charge is 2.16. The number of aromatic nitrogens is 1. The van der Waals surface area contributed by atoms with Gasteiger partial charge in [0, 0.05) is 10.9 Å². The van der Waals surface area contributed by atoms with Crippen molar-refractivity contribution in [3.05, 3.63) is 83.9 Å². The molecular weight excluding hydrogens is 354 g/mol. The molecule has 0 saturated heterocycles. The Labute approximate surface area is 169 Å². The Hall–Kier alpha value is -3.39. The molecule has 0 spiro atoms. The van der Waals surface area contributed by atoms with Crippen LogP contribution in [0.3, 0.4) is 0 Å². The van der Waals surface area contributed by atoms with E-state index < -0.39 is 0 Å². The van der Waals surface area contributed by atoms with Gasteiger partial charge in [-0.25, -0.2) is 4.98 Å². The summed E-state index contributed by atoms with van der Waals surface area (Å²) in [6.07, 6.45) is 4.94. The maximum atomic E-state index is 10.7. The van der Waals surface area contributed by atoms with Crippen molar-refractivity contribution >= 4 is 32.4 Å². The van der Waals surface area contributed by atoms with Gasteiger partial charge in [0.2, 0.25) is 5.88 Å². The fraction of sp³-hybridized carbons (Fsp3) is 0.148. The SMILES string of the molecule is Oc1nc2ccccc2cc1-c1cccc2c1ccc1c3c(ccc12)CCCC3. The lowest BCUT2D eigenvalue weighted by Crippen LogP contribution is -2.03. The number of para-hydroxylation sites is 1. The van der Waals surface area contributed by atoms with Gasteiger partial charge in [-0.1, -0.05) is 60.7 Å². The number of nitrogens with zero attached hydrogens (tertiary/aromatic N) is 1. The average molecular weight is 375 g/mol. The first kappa shape index (κ1) is 16.6. The van der Waals surface area contributed by atoms with Gasteiger partial charge in [0.15, 0.2) is 0 Å². The fourth-order valence-corrected chi connectivity index (χ4v) is 4.97. The molecule has 29 heavy (non-hydrogen) atoms. The molecule has 5 aromatic rings. The lowest BCUT2D eigenvalue weighted by atomic mass is 9.85. The van der Waals surface area contributed by atoms with Crippen LogP contribution < -0.4 is 0 Å². The van der Waals surface area contributed by atoms with Crippen molar-refractivity contribution in [2.24, 2.45) is 0 Å². The maximum absolute atomic E-state index is 10.7. The summed E-state index contributed by atoms with van der Waals surface area (Å²) in [6.45, 7) is 0. The molecule has 1 heterocycles. The number of rotatable bonds is 1. The molecule has 4 aromatic carbocycles. The molecule has 1 aliphatic rings. The summed E-state index contributed by atoms with van der Waals surface area (Å²) >= 11 is 0. The first-order valence-corrected chi connectivity index (χ1v) is 10.3. The highest BCUT2D eigenvalue weighted by Crippen LogP contribution is 2.39. The van der Waals surface area contributed by atoms with E-state index >= 15 is 0 Å². The molecule has 0 fully saturated rings. The van der Waals surface area contributed by atoms with Gasteiger partial charge in [-0.3, -0.25) is 0 Å². The topological polar surface area (TPSA) is 33.1 Å². The predicted octanol–water partition coefficient (Wildman–Crippen LogP) is 6.79.